The standard InChI is InChI=1S/C10H19NO4/c1-10(2,15)7-11-8(12)5-3-4-6-9(13)14/h15H,3-7H2,1-2H3,(H,11,12)(H,13,14). The summed E-state index contributed by atoms with van der Waals surface area (Å²) >= 11 is 0. The molecule has 0 aliphatic carbocycles. The maximum Gasteiger partial charge on any atom is 0.303 e. The van der Waals surface area contributed by atoms with Crippen molar-refractivity contribution in [3.63, 3.8) is 0 Å². The summed E-state index contributed by atoms with van der Waals surface area (Å²) in [6.45, 7) is 3.43. The Morgan fingerprint density at radius 1 is 1.20 bits per heavy atom. The minimum Gasteiger partial charge on any atom is -0.481 e. The van der Waals surface area contributed by atoms with E-state index in [1.165, 1.54) is 0 Å². The Bertz CT molecular complexity index is 220. The van der Waals surface area contributed by atoms with E-state index >= 15 is 0 Å². The van der Waals surface area contributed by atoms with Crippen LogP contribution in [0, 0.1) is 0 Å². The number of carbonyl (C=O) groups is 2. The second-order valence-corrected chi connectivity index (χ2v) is 4.19. The lowest BCUT2D eigenvalue weighted by Crippen LogP contribution is -2.38. The molecule has 0 atom stereocenters. The number of carboxylic acid groups (broad SMARTS) is 1. The lowest BCUT2D eigenvalue weighted by molar-refractivity contribution is -0.137. The van der Waals surface area contributed by atoms with E-state index < -0.39 is 11.6 Å². The van der Waals surface area contributed by atoms with Gasteiger partial charge >= 0.3 is 5.97 Å². The lowest BCUT2D eigenvalue weighted by Gasteiger charge is -2.17. The van der Waals surface area contributed by atoms with Gasteiger partial charge in [0, 0.05) is 19.4 Å². The number of carboxylic acids is 1. The molecule has 0 bridgehead atoms. The summed E-state index contributed by atoms with van der Waals surface area (Å²) in [7, 11) is 0. The van der Waals surface area contributed by atoms with Gasteiger partial charge in [-0.1, -0.05) is 0 Å². The Kier molecular flexibility index (Phi) is 5.93. The van der Waals surface area contributed by atoms with Crippen molar-refractivity contribution in [2.75, 3.05) is 6.54 Å². The molecule has 0 unspecified atom stereocenters. The third kappa shape index (κ3) is 10.8. The number of unbranched alkanes of at least 4 members (excludes halogenated alkanes) is 1. The molecule has 0 saturated heterocycles. The van der Waals surface area contributed by atoms with E-state index in [-0.39, 0.29) is 18.9 Å². The summed E-state index contributed by atoms with van der Waals surface area (Å²) in [5.74, 6) is -0.991. The van der Waals surface area contributed by atoms with Crippen molar-refractivity contribution in [1.29, 1.82) is 0 Å². The van der Waals surface area contributed by atoms with Gasteiger partial charge in [-0.3, -0.25) is 9.59 Å². The first kappa shape index (κ1) is 13.9. The fourth-order valence-electron chi connectivity index (χ4n) is 0.965. The highest BCUT2D eigenvalue weighted by molar-refractivity contribution is 5.76. The Morgan fingerprint density at radius 2 is 1.73 bits per heavy atom. The van der Waals surface area contributed by atoms with Crippen LogP contribution in [0.3, 0.4) is 0 Å². The van der Waals surface area contributed by atoms with Crippen molar-refractivity contribution in [2.45, 2.75) is 45.1 Å². The summed E-state index contributed by atoms with van der Waals surface area (Å²) in [5, 5.41) is 20.2. The Balaban J connectivity index is 3.46. The normalized spacial score (nSPS) is 11.1. The van der Waals surface area contributed by atoms with Gasteiger partial charge in [-0.2, -0.15) is 0 Å². The lowest BCUT2D eigenvalue weighted by atomic mass is 10.1. The minimum absolute atomic E-state index is 0.0960. The van der Waals surface area contributed by atoms with Crippen molar-refractivity contribution < 1.29 is 19.8 Å². The van der Waals surface area contributed by atoms with Crippen molar-refractivity contribution in [2.24, 2.45) is 0 Å². The third-order valence-corrected chi connectivity index (χ3v) is 1.76. The molecule has 88 valence electrons. The maximum absolute atomic E-state index is 11.2. The molecular weight excluding hydrogens is 198 g/mol. The number of carbonyl (C=O) groups excluding carboxylic acids is 1. The van der Waals surface area contributed by atoms with Crippen molar-refractivity contribution >= 4 is 11.9 Å². The first-order valence-electron chi connectivity index (χ1n) is 5.02. The summed E-state index contributed by atoms with van der Waals surface area (Å²) in [4.78, 5) is 21.3. The molecule has 0 aromatic heterocycles. The monoisotopic (exact) mass is 217 g/mol. The molecule has 0 aromatic carbocycles. The van der Waals surface area contributed by atoms with E-state index in [9.17, 15) is 14.7 Å². The molecule has 0 fully saturated rings. The van der Waals surface area contributed by atoms with Crippen LogP contribution in [0.2, 0.25) is 0 Å². The SMILES string of the molecule is CC(C)(O)CNC(=O)CCCCC(=O)O. The van der Waals surface area contributed by atoms with Crippen molar-refractivity contribution in [3.8, 4) is 0 Å². The highest BCUT2D eigenvalue weighted by Gasteiger charge is 2.13. The van der Waals surface area contributed by atoms with Crippen LogP contribution >= 0.6 is 0 Å². The quantitative estimate of drug-likeness (QED) is 0.542. The van der Waals surface area contributed by atoms with Crippen molar-refractivity contribution in [3.05, 3.63) is 0 Å². The van der Waals surface area contributed by atoms with Gasteiger partial charge in [0.05, 0.1) is 5.60 Å². The van der Waals surface area contributed by atoms with E-state index in [4.69, 9.17) is 5.11 Å². The molecule has 15 heavy (non-hydrogen) atoms. The Morgan fingerprint density at radius 3 is 2.20 bits per heavy atom. The fourth-order valence-corrected chi connectivity index (χ4v) is 0.965. The van der Waals surface area contributed by atoms with Crippen LogP contribution in [0.1, 0.15) is 39.5 Å². The zero-order chi connectivity index (χ0) is 11.9. The largest absolute Gasteiger partial charge is 0.481 e. The topological polar surface area (TPSA) is 86.6 Å². The van der Waals surface area contributed by atoms with Gasteiger partial charge in [0.25, 0.3) is 0 Å². The molecule has 0 rings (SSSR count). The van der Waals surface area contributed by atoms with E-state index in [2.05, 4.69) is 5.32 Å². The molecule has 0 radical (unpaired) electrons. The molecular formula is C10H19NO4. The predicted octanol–water partition coefficient (Wildman–Crippen LogP) is 0.518. The Labute approximate surface area is 89.5 Å². The number of amides is 1. The van der Waals surface area contributed by atoms with Gasteiger partial charge in [-0.05, 0) is 26.7 Å². The zero-order valence-electron chi connectivity index (χ0n) is 9.25. The van der Waals surface area contributed by atoms with E-state index in [0.29, 0.717) is 19.3 Å². The average molecular weight is 217 g/mol. The second kappa shape index (κ2) is 6.40. The molecule has 5 heteroatoms. The molecule has 0 aliphatic heterocycles. The minimum atomic E-state index is -0.906. The summed E-state index contributed by atoms with van der Waals surface area (Å²) in [5.41, 5.74) is -0.906. The first-order valence-corrected chi connectivity index (χ1v) is 5.02. The van der Waals surface area contributed by atoms with Crippen LogP contribution in [-0.2, 0) is 9.59 Å². The highest BCUT2D eigenvalue weighted by Crippen LogP contribution is 2.01. The van der Waals surface area contributed by atoms with Crippen LogP contribution in [0.4, 0.5) is 0 Å². The molecule has 0 spiro atoms. The number of rotatable bonds is 7. The average Bonchev–Trinajstić information content (AvgIpc) is 2.07. The van der Waals surface area contributed by atoms with E-state index in [0.717, 1.165) is 0 Å². The molecule has 0 aliphatic rings. The molecule has 1 amide bonds. The van der Waals surface area contributed by atoms with Crippen LogP contribution in [-0.4, -0.2) is 34.2 Å². The first-order chi connectivity index (χ1) is 6.81. The number of hydrogen-bond donors (Lipinski definition) is 3. The number of hydrogen-bond acceptors (Lipinski definition) is 3. The predicted molar refractivity (Wildman–Crippen MR) is 55.4 cm³/mol. The molecule has 0 saturated carbocycles. The zero-order valence-corrected chi connectivity index (χ0v) is 9.25. The molecule has 3 N–H and O–H groups in total. The second-order valence-electron chi connectivity index (χ2n) is 4.19. The number of nitrogens with one attached hydrogen (secondary N) is 1. The number of aliphatic carboxylic acids is 1. The smallest absolute Gasteiger partial charge is 0.303 e. The summed E-state index contributed by atoms with van der Waals surface area (Å²) in [6.07, 6.45) is 1.47. The van der Waals surface area contributed by atoms with Gasteiger partial charge in [-0.15, -0.1) is 0 Å². The highest BCUT2D eigenvalue weighted by atomic mass is 16.4. The van der Waals surface area contributed by atoms with Crippen molar-refractivity contribution in [1.82, 2.24) is 5.32 Å². The van der Waals surface area contributed by atoms with Crippen LogP contribution in [0.25, 0.3) is 0 Å². The molecule has 0 heterocycles. The fraction of sp³-hybridized carbons (Fsp3) is 0.800. The number of aliphatic hydroxyl groups is 1. The van der Waals surface area contributed by atoms with E-state index in [1.54, 1.807) is 13.8 Å². The van der Waals surface area contributed by atoms with Crippen LogP contribution < -0.4 is 5.32 Å². The summed E-state index contributed by atoms with van der Waals surface area (Å²) < 4.78 is 0. The van der Waals surface area contributed by atoms with Gasteiger partial charge in [0.15, 0.2) is 0 Å². The van der Waals surface area contributed by atoms with Gasteiger partial charge in [0.2, 0.25) is 5.91 Å². The maximum atomic E-state index is 11.2. The molecule has 5 nitrogen and oxygen atoms in total. The van der Waals surface area contributed by atoms with Crippen LogP contribution in [0.15, 0.2) is 0 Å². The summed E-state index contributed by atoms with van der Waals surface area (Å²) in [6, 6.07) is 0. The van der Waals surface area contributed by atoms with E-state index in [1.807, 2.05) is 0 Å². The van der Waals surface area contributed by atoms with Gasteiger partial charge < -0.3 is 15.5 Å². The Hall–Kier alpha value is -1.10. The molecule has 0 aromatic rings. The van der Waals surface area contributed by atoms with Gasteiger partial charge in [-0.25, -0.2) is 0 Å². The van der Waals surface area contributed by atoms with Crippen LogP contribution in [0.5, 0.6) is 0 Å². The van der Waals surface area contributed by atoms with Gasteiger partial charge in [0.1, 0.15) is 0 Å². The third-order valence-electron chi connectivity index (χ3n) is 1.76.